The number of carbonyl (C=O) groups is 1. The number of rotatable bonds is 5. The number of halogens is 3. The molecule has 20 heavy (non-hydrogen) atoms. The van der Waals surface area contributed by atoms with Crippen molar-refractivity contribution in [2.24, 2.45) is 5.92 Å². The smallest absolute Gasteiger partial charge is 0.494 e. The average molecular weight is 288 g/mol. The summed E-state index contributed by atoms with van der Waals surface area (Å²) in [5, 5.41) is 0. The molecule has 1 atom stereocenters. The lowest BCUT2D eigenvalue weighted by atomic mass is 10.0. The number of Topliss-reactive ketones (excluding diaryl/α,β-unsaturated/α-hetero) is 1. The summed E-state index contributed by atoms with van der Waals surface area (Å²) in [5.41, 5.74) is 0. The Morgan fingerprint density at radius 2 is 1.80 bits per heavy atom. The van der Waals surface area contributed by atoms with Gasteiger partial charge in [-0.2, -0.15) is 0 Å². The van der Waals surface area contributed by atoms with Crippen LogP contribution in [-0.2, 0) is 4.79 Å². The molecule has 0 spiro atoms. The van der Waals surface area contributed by atoms with Gasteiger partial charge in [0.05, 0.1) is 6.61 Å². The standard InChI is InChI=1S/C14H15F3O3/c15-14(16,17)20-12-6-4-11(5-7-12)19-9-8-10-2-1-3-13(10)18/h4-7,10H,1-3,8-9H2. The fourth-order valence-electron chi connectivity index (χ4n) is 2.25. The zero-order chi connectivity index (χ0) is 14.6. The van der Waals surface area contributed by atoms with Crippen molar-refractivity contribution in [3.8, 4) is 11.5 Å². The first-order chi connectivity index (χ1) is 9.44. The molecule has 110 valence electrons. The number of ketones is 1. The Morgan fingerprint density at radius 1 is 1.15 bits per heavy atom. The van der Waals surface area contributed by atoms with Crippen LogP contribution in [-0.4, -0.2) is 18.8 Å². The van der Waals surface area contributed by atoms with Crippen LogP contribution in [0.25, 0.3) is 0 Å². The number of hydrogen-bond donors (Lipinski definition) is 0. The lowest BCUT2D eigenvalue weighted by molar-refractivity contribution is -0.274. The van der Waals surface area contributed by atoms with Crippen LogP contribution in [0.15, 0.2) is 24.3 Å². The van der Waals surface area contributed by atoms with Crippen molar-refractivity contribution >= 4 is 5.78 Å². The van der Waals surface area contributed by atoms with E-state index in [4.69, 9.17) is 4.74 Å². The summed E-state index contributed by atoms with van der Waals surface area (Å²) < 4.78 is 45.1. The highest BCUT2D eigenvalue weighted by Crippen LogP contribution is 2.26. The molecule has 1 aliphatic carbocycles. The fourth-order valence-corrected chi connectivity index (χ4v) is 2.25. The van der Waals surface area contributed by atoms with Crippen LogP contribution in [0.3, 0.4) is 0 Å². The second kappa shape index (κ2) is 6.15. The average Bonchev–Trinajstić information content (AvgIpc) is 2.76. The predicted molar refractivity (Wildman–Crippen MR) is 65.6 cm³/mol. The molecular formula is C14H15F3O3. The maximum absolute atomic E-state index is 12.0. The first-order valence-electron chi connectivity index (χ1n) is 6.45. The Balaban J connectivity index is 1.77. The maximum Gasteiger partial charge on any atom is 0.573 e. The second-order valence-corrected chi connectivity index (χ2v) is 4.71. The molecule has 0 aliphatic heterocycles. The molecule has 0 bridgehead atoms. The summed E-state index contributed by atoms with van der Waals surface area (Å²) in [6.45, 7) is 0.385. The summed E-state index contributed by atoms with van der Waals surface area (Å²) in [7, 11) is 0. The zero-order valence-electron chi connectivity index (χ0n) is 10.8. The van der Waals surface area contributed by atoms with Crippen LogP contribution >= 0.6 is 0 Å². The van der Waals surface area contributed by atoms with E-state index in [9.17, 15) is 18.0 Å². The van der Waals surface area contributed by atoms with Crippen molar-refractivity contribution in [2.75, 3.05) is 6.61 Å². The minimum Gasteiger partial charge on any atom is -0.494 e. The van der Waals surface area contributed by atoms with Gasteiger partial charge in [0.25, 0.3) is 0 Å². The molecule has 1 aromatic rings. The third kappa shape index (κ3) is 4.43. The zero-order valence-corrected chi connectivity index (χ0v) is 10.8. The van der Waals surface area contributed by atoms with Crippen LogP contribution in [0.5, 0.6) is 11.5 Å². The molecule has 0 aromatic heterocycles. The van der Waals surface area contributed by atoms with Crippen molar-refractivity contribution in [3.05, 3.63) is 24.3 Å². The van der Waals surface area contributed by atoms with Crippen LogP contribution in [0.2, 0.25) is 0 Å². The minimum atomic E-state index is -4.69. The predicted octanol–water partition coefficient (Wildman–Crippen LogP) is 3.72. The van der Waals surface area contributed by atoms with Crippen molar-refractivity contribution in [1.82, 2.24) is 0 Å². The molecule has 1 aromatic carbocycles. The molecule has 3 nitrogen and oxygen atoms in total. The lowest BCUT2D eigenvalue weighted by Crippen LogP contribution is -2.17. The second-order valence-electron chi connectivity index (χ2n) is 4.71. The van der Waals surface area contributed by atoms with E-state index in [2.05, 4.69) is 4.74 Å². The maximum atomic E-state index is 12.0. The number of hydrogen-bond acceptors (Lipinski definition) is 3. The molecule has 1 saturated carbocycles. The van der Waals surface area contributed by atoms with Gasteiger partial charge in [-0.05, 0) is 43.5 Å². The van der Waals surface area contributed by atoms with E-state index in [0.29, 0.717) is 25.2 Å². The number of benzene rings is 1. The third-order valence-electron chi connectivity index (χ3n) is 3.22. The Labute approximate surface area is 114 Å². The molecule has 1 aliphatic rings. The highest BCUT2D eigenvalue weighted by atomic mass is 19.4. The van der Waals surface area contributed by atoms with Gasteiger partial charge in [-0.1, -0.05) is 0 Å². The van der Waals surface area contributed by atoms with Gasteiger partial charge in [0, 0.05) is 12.3 Å². The molecular weight excluding hydrogens is 273 g/mol. The normalized spacial score (nSPS) is 19.1. The number of alkyl halides is 3. The van der Waals surface area contributed by atoms with Crippen LogP contribution in [0.1, 0.15) is 25.7 Å². The van der Waals surface area contributed by atoms with E-state index in [1.54, 1.807) is 0 Å². The quantitative estimate of drug-likeness (QED) is 0.828. The first kappa shape index (κ1) is 14.7. The van der Waals surface area contributed by atoms with Gasteiger partial charge in [0.15, 0.2) is 0 Å². The summed E-state index contributed by atoms with van der Waals surface area (Å²) in [4.78, 5) is 11.4. The summed E-state index contributed by atoms with van der Waals surface area (Å²) >= 11 is 0. The van der Waals surface area contributed by atoms with E-state index in [0.717, 1.165) is 12.8 Å². The van der Waals surface area contributed by atoms with E-state index >= 15 is 0 Å². The molecule has 1 unspecified atom stereocenters. The molecule has 0 radical (unpaired) electrons. The number of carbonyl (C=O) groups excluding carboxylic acids is 1. The van der Waals surface area contributed by atoms with Gasteiger partial charge in [-0.15, -0.1) is 13.2 Å². The SMILES string of the molecule is O=C1CCCC1CCOc1ccc(OC(F)(F)F)cc1. The topological polar surface area (TPSA) is 35.5 Å². The molecule has 0 amide bonds. The molecule has 2 rings (SSSR count). The van der Waals surface area contributed by atoms with Gasteiger partial charge in [-0.25, -0.2) is 0 Å². The van der Waals surface area contributed by atoms with Crippen LogP contribution < -0.4 is 9.47 Å². The molecule has 6 heteroatoms. The van der Waals surface area contributed by atoms with Crippen LogP contribution in [0.4, 0.5) is 13.2 Å². The van der Waals surface area contributed by atoms with Gasteiger partial charge >= 0.3 is 6.36 Å². The monoisotopic (exact) mass is 288 g/mol. The lowest BCUT2D eigenvalue weighted by Gasteiger charge is -2.11. The van der Waals surface area contributed by atoms with Crippen molar-refractivity contribution in [3.63, 3.8) is 0 Å². The summed E-state index contributed by atoms with van der Waals surface area (Å²) in [5.74, 6) is 0.533. The van der Waals surface area contributed by atoms with E-state index in [-0.39, 0.29) is 17.5 Å². The molecule has 0 N–H and O–H groups in total. The molecule has 0 heterocycles. The van der Waals surface area contributed by atoms with Crippen LogP contribution in [0, 0.1) is 5.92 Å². The van der Waals surface area contributed by atoms with Gasteiger partial charge < -0.3 is 9.47 Å². The highest BCUT2D eigenvalue weighted by Gasteiger charge is 2.31. The largest absolute Gasteiger partial charge is 0.573 e. The Hall–Kier alpha value is -1.72. The molecule has 1 fully saturated rings. The van der Waals surface area contributed by atoms with E-state index in [1.165, 1.54) is 24.3 Å². The van der Waals surface area contributed by atoms with Crippen molar-refractivity contribution in [2.45, 2.75) is 32.0 Å². The van der Waals surface area contributed by atoms with Gasteiger partial charge in [0.1, 0.15) is 17.3 Å². The highest BCUT2D eigenvalue weighted by molar-refractivity contribution is 5.82. The summed E-state index contributed by atoms with van der Waals surface area (Å²) in [6.07, 6.45) is -1.55. The fraction of sp³-hybridized carbons (Fsp3) is 0.500. The van der Waals surface area contributed by atoms with Gasteiger partial charge in [-0.3, -0.25) is 4.79 Å². The summed E-state index contributed by atoms with van der Waals surface area (Å²) in [6, 6.07) is 5.22. The Kier molecular flexibility index (Phi) is 4.52. The Bertz CT molecular complexity index is 454. The number of ether oxygens (including phenoxy) is 2. The van der Waals surface area contributed by atoms with Gasteiger partial charge in [0.2, 0.25) is 0 Å². The van der Waals surface area contributed by atoms with E-state index < -0.39 is 6.36 Å². The first-order valence-corrected chi connectivity index (χ1v) is 6.45. The minimum absolute atomic E-state index is 0.0721. The third-order valence-corrected chi connectivity index (χ3v) is 3.22. The van der Waals surface area contributed by atoms with Crippen molar-refractivity contribution < 1.29 is 27.4 Å². The van der Waals surface area contributed by atoms with Crippen molar-refractivity contribution in [1.29, 1.82) is 0 Å². The Morgan fingerprint density at radius 3 is 2.35 bits per heavy atom. The van der Waals surface area contributed by atoms with E-state index in [1.807, 2.05) is 0 Å². The molecule has 0 saturated heterocycles.